The summed E-state index contributed by atoms with van der Waals surface area (Å²) < 4.78 is 7.22. The van der Waals surface area contributed by atoms with E-state index < -0.39 is 0 Å². The number of nitrogens with zero attached hydrogens (tertiary/aromatic N) is 4. The van der Waals surface area contributed by atoms with Gasteiger partial charge in [0.25, 0.3) is 0 Å². The molecule has 0 fully saturated rings. The average molecular weight is 323 g/mol. The zero-order valence-electron chi connectivity index (χ0n) is 13.1. The van der Waals surface area contributed by atoms with Gasteiger partial charge < -0.3 is 9.73 Å². The molecule has 7 nitrogen and oxygen atoms in total. The Kier molecular flexibility index (Phi) is 6.00. The van der Waals surface area contributed by atoms with Crippen molar-refractivity contribution in [3.05, 3.63) is 29.5 Å². The number of aromatic nitrogens is 4. The summed E-state index contributed by atoms with van der Waals surface area (Å²) in [4.78, 5) is 11.8. The van der Waals surface area contributed by atoms with Crippen LogP contribution < -0.4 is 5.32 Å². The van der Waals surface area contributed by atoms with E-state index in [1.807, 2.05) is 32.9 Å². The summed E-state index contributed by atoms with van der Waals surface area (Å²) in [6.07, 6.45) is 0.704. The number of furan rings is 1. The maximum Gasteiger partial charge on any atom is 0.230 e. The van der Waals surface area contributed by atoms with E-state index in [0.29, 0.717) is 24.5 Å². The number of carbonyl (C=O) groups excluding carboxylic acids is 1. The topological polar surface area (TPSA) is 85.8 Å². The highest BCUT2D eigenvalue weighted by Crippen LogP contribution is 2.12. The SMILES string of the molecule is Cc1ccc(CCNC(=O)CSCc2nnnn2C(C)C)o1. The minimum Gasteiger partial charge on any atom is -0.466 e. The Bertz CT molecular complexity index is 608. The molecule has 0 radical (unpaired) electrons. The molecule has 2 rings (SSSR count). The van der Waals surface area contributed by atoms with Gasteiger partial charge >= 0.3 is 0 Å². The van der Waals surface area contributed by atoms with Gasteiger partial charge in [0, 0.05) is 13.0 Å². The molecule has 1 N–H and O–H groups in total. The summed E-state index contributed by atoms with van der Waals surface area (Å²) in [7, 11) is 0. The van der Waals surface area contributed by atoms with Gasteiger partial charge in [-0.15, -0.1) is 16.9 Å². The highest BCUT2D eigenvalue weighted by Gasteiger charge is 2.10. The number of nitrogens with one attached hydrogen (secondary N) is 1. The van der Waals surface area contributed by atoms with Crippen LogP contribution in [0.1, 0.15) is 37.2 Å². The molecule has 0 saturated carbocycles. The Morgan fingerprint density at radius 2 is 2.27 bits per heavy atom. The van der Waals surface area contributed by atoms with Crippen LogP contribution in [0.15, 0.2) is 16.5 Å². The molecule has 0 aliphatic rings. The van der Waals surface area contributed by atoms with Gasteiger partial charge in [-0.2, -0.15) is 0 Å². The van der Waals surface area contributed by atoms with Crippen LogP contribution in [0.3, 0.4) is 0 Å². The lowest BCUT2D eigenvalue weighted by molar-refractivity contribution is -0.118. The first-order valence-electron chi connectivity index (χ1n) is 7.22. The summed E-state index contributed by atoms with van der Waals surface area (Å²) in [6.45, 7) is 6.53. The largest absolute Gasteiger partial charge is 0.466 e. The third-order valence-electron chi connectivity index (χ3n) is 3.00. The van der Waals surface area contributed by atoms with Gasteiger partial charge in [-0.3, -0.25) is 4.79 Å². The van der Waals surface area contributed by atoms with Gasteiger partial charge in [-0.05, 0) is 43.3 Å². The standard InChI is InChI=1S/C14H21N5O2S/c1-10(2)19-13(16-17-18-19)8-22-9-14(20)15-7-6-12-5-4-11(3)21-12/h4-5,10H,6-9H2,1-3H3,(H,15,20). The van der Waals surface area contributed by atoms with Crippen molar-refractivity contribution >= 4 is 17.7 Å². The lowest BCUT2D eigenvalue weighted by Gasteiger charge is -2.07. The second-order valence-corrected chi connectivity index (χ2v) is 6.22. The number of hydrogen-bond acceptors (Lipinski definition) is 6. The van der Waals surface area contributed by atoms with Gasteiger partial charge in [-0.25, -0.2) is 4.68 Å². The van der Waals surface area contributed by atoms with E-state index in [9.17, 15) is 4.79 Å². The predicted molar refractivity (Wildman–Crippen MR) is 84.5 cm³/mol. The first kappa shape index (κ1) is 16.5. The van der Waals surface area contributed by atoms with Crippen LogP contribution in [-0.2, 0) is 17.0 Å². The van der Waals surface area contributed by atoms with Crippen molar-refractivity contribution < 1.29 is 9.21 Å². The zero-order chi connectivity index (χ0) is 15.9. The lowest BCUT2D eigenvalue weighted by atomic mass is 10.3. The molecule has 8 heteroatoms. The third kappa shape index (κ3) is 4.87. The molecule has 1 amide bonds. The van der Waals surface area contributed by atoms with Crippen molar-refractivity contribution in [2.24, 2.45) is 0 Å². The number of rotatable bonds is 8. The number of aryl methyl sites for hydroxylation is 1. The summed E-state index contributed by atoms with van der Waals surface area (Å²) in [5, 5.41) is 14.4. The number of hydrogen-bond donors (Lipinski definition) is 1. The van der Waals surface area contributed by atoms with Crippen LogP contribution in [0.5, 0.6) is 0 Å². The molecule has 2 aromatic heterocycles. The quantitative estimate of drug-likeness (QED) is 0.796. The smallest absolute Gasteiger partial charge is 0.230 e. The van der Waals surface area contributed by atoms with Crippen molar-refractivity contribution in [3.63, 3.8) is 0 Å². The van der Waals surface area contributed by atoms with E-state index in [-0.39, 0.29) is 11.9 Å². The fourth-order valence-corrected chi connectivity index (χ4v) is 2.70. The van der Waals surface area contributed by atoms with Gasteiger partial charge in [0.2, 0.25) is 5.91 Å². The maximum atomic E-state index is 11.8. The van der Waals surface area contributed by atoms with E-state index in [4.69, 9.17) is 4.42 Å². The molecule has 0 unspecified atom stereocenters. The van der Waals surface area contributed by atoms with Gasteiger partial charge in [0.05, 0.1) is 17.5 Å². The molecular formula is C14H21N5O2S. The van der Waals surface area contributed by atoms with E-state index in [1.165, 1.54) is 11.8 Å². The van der Waals surface area contributed by atoms with Gasteiger partial charge in [0.15, 0.2) is 5.82 Å². The maximum absolute atomic E-state index is 11.8. The fourth-order valence-electron chi connectivity index (χ4n) is 1.94. The normalized spacial score (nSPS) is 11.1. The van der Waals surface area contributed by atoms with Crippen LogP contribution in [0.25, 0.3) is 0 Å². The predicted octanol–water partition coefficient (Wildman–Crippen LogP) is 1.75. The number of carbonyl (C=O) groups is 1. The Morgan fingerprint density at radius 1 is 1.45 bits per heavy atom. The van der Waals surface area contributed by atoms with E-state index in [2.05, 4.69) is 20.8 Å². The molecule has 120 valence electrons. The second-order valence-electron chi connectivity index (χ2n) is 5.24. The molecular weight excluding hydrogens is 302 g/mol. The summed E-state index contributed by atoms with van der Waals surface area (Å²) in [5.41, 5.74) is 0. The Hall–Kier alpha value is -1.83. The van der Waals surface area contributed by atoms with Crippen LogP contribution in [-0.4, -0.2) is 38.4 Å². The number of tetrazole rings is 1. The number of thioether (sulfide) groups is 1. The average Bonchev–Trinajstić information content (AvgIpc) is 3.08. The summed E-state index contributed by atoms with van der Waals surface area (Å²) >= 11 is 1.50. The van der Waals surface area contributed by atoms with Crippen molar-refractivity contribution in [2.45, 2.75) is 39.0 Å². The highest BCUT2D eigenvalue weighted by atomic mass is 32.2. The van der Waals surface area contributed by atoms with E-state index in [0.717, 1.165) is 17.3 Å². The van der Waals surface area contributed by atoms with Crippen LogP contribution in [0.4, 0.5) is 0 Å². The summed E-state index contributed by atoms with van der Waals surface area (Å²) in [6, 6.07) is 4.07. The lowest BCUT2D eigenvalue weighted by Crippen LogP contribution is -2.27. The van der Waals surface area contributed by atoms with Crippen molar-refractivity contribution in [1.82, 2.24) is 25.5 Å². The molecule has 2 heterocycles. The molecule has 0 aliphatic carbocycles. The Balaban J connectivity index is 1.64. The summed E-state index contributed by atoms with van der Waals surface area (Å²) in [5.74, 6) is 3.59. The first-order chi connectivity index (χ1) is 10.6. The molecule has 0 spiro atoms. The fraction of sp³-hybridized carbons (Fsp3) is 0.571. The Labute approximate surface area is 133 Å². The zero-order valence-corrected chi connectivity index (χ0v) is 13.9. The van der Waals surface area contributed by atoms with Crippen molar-refractivity contribution in [1.29, 1.82) is 0 Å². The van der Waals surface area contributed by atoms with Gasteiger partial charge in [0.1, 0.15) is 11.5 Å². The van der Waals surface area contributed by atoms with Gasteiger partial charge in [-0.1, -0.05) is 0 Å². The second kappa shape index (κ2) is 7.98. The number of amides is 1. The minimum atomic E-state index is 0.0110. The van der Waals surface area contributed by atoms with E-state index >= 15 is 0 Å². The molecule has 22 heavy (non-hydrogen) atoms. The molecule has 0 bridgehead atoms. The highest BCUT2D eigenvalue weighted by molar-refractivity contribution is 7.99. The minimum absolute atomic E-state index is 0.0110. The molecule has 0 saturated heterocycles. The van der Waals surface area contributed by atoms with Crippen molar-refractivity contribution in [3.8, 4) is 0 Å². The first-order valence-corrected chi connectivity index (χ1v) is 8.38. The molecule has 0 aliphatic heterocycles. The third-order valence-corrected chi connectivity index (χ3v) is 3.93. The molecule has 2 aromatic rings. The van der Waals surface area contributed by atoms with E-state index in [1.54, 1.807) is 4.68 Å². The monoisotopic (exact) mass is 323 g/mol. The van der Waals surface area contributed by atoms with Crippen LogP contribution in [0.2, 0.25) is 0 Å². The van der Waals surface area contributed by atoms with Crippen molar-refractivity contribution in [2.75, 3.05) is 12.3 Å². The molecule has 0 aromatic carbocycles. The van der Waals surface area contributed by atoms with Crippen LogP contribution in [0, 0.1) is 6.92 Å². The van der Waals surface area contributed by atoms with Crippen LogP contribution >= 0.6 is 11.8 Å². The Morgan fingerprint density at radius 3 is 2.95 bits per heavy atom. The molecule has 0 atom stereocenters.